The van der Waals surface area contributed by atoms with Crippen LogP contribution in [0.4, 0.5) is 8.78 Å². The van der Waals surface area contributed by atoms with Crippen molar-refractivity contribution in [3.8, 4) is 0 Å². The summed E-state index contributed by atoms with van der Waals surface area (Å²) in [5.41, 5.74) is 0. The van der Waals surface area contributed by atoms with Crippen molar-refractivity contribution in [2.24, 2.45) is 5.92 Å². The molecule has 1 N–H and O–H groups in total. The zero-order valence-corrected chi connectivity index (χ0v) is 14.2. The third kappa shape index (κ3) is 7.01. The van der Waals surface area contributed by atoms with Crippen molar-refractivity contribution in [2.75, 3.05) is 26.2 Å². The van der Waals surface area contributed by atoms with E-state index < -0.39 is 11.8 Å². The Morgan fingerprint density at radius 3 is 2.59 bits per heavy atom. The molecule has 4 nitrogen and oxygen atoms in total. The highest BCUT2D eigenvalue weighted by molar-refractivity contribution is 5.78. The lowest BCUT2D eigenvalue weighted by Gasteiger charge is -2.38. The summed E-state index contributed by atoms with van der Waals surface area (Å²) < 4.78 is 33.8. The fraction of sp³-hybridized carbons (Fsp3) is 0.938. The van der Waals surface area contributed by atoms with Crippen LogP contribution >= 0.6 is 0 Å². The SMILES string of the molecule is CC(C)NC(=O)CN1CC[C@H](CCCOC(C)C)C(F)(F)C1. The van der Waals surface area contributed by atoms with Gasteiger partial charge in [-0.15, -0.1) is 0 Å². The number of halogens is 2. The molecule has 1 rings (SSSR count). The average molecular weight is 320 g/mol. The first-order chi connectivity index (χ1) is 10.2. The summed E-state index contributed by atoms with van der Waals surface area (Å²) in [6, 6.07) is 0.0338. The normalized spacial score (nSPS) is 22.3. The van der Waals surface area contributed by atoms with Crippen LogP contribution in [0, 0.1) is 5.92 Å². The Hall–Kier alpha value is -0.750. The standard InChI is InChI=1S/C16H30F2N2O2/c1-12(2)19-15(21)10-20-8-7-14(16(17,18)11-20)6-5-9-22-13(3)4/h12-14H,5-11H2,1-4H3,(H,19,21)/t14-/m0/s1. The van der Waals surface area contributed by atoms with Gasteiger partial charge in [-0.25, -0.2) is 8.78 Å². The van der Waals surface area contributed by atoms with Crippen LogP contribution in [-0.2, 0) is 9.53 Å². The van der Waals surface area contributed by atoms with E-state index in [2.05, 4.69) is 5.32 Å². The lowest BCUT2D eigenvalue weighted by molar-refractivity contribution is -0.132. The Balaban J connectivity index is 2.36. The summed E-state index contributed by atoms with van der Waals surface area (Å²) >= 11 is 0. The van der Waals surface area contributed by atoms with Crippen LogP contribution in [0.3, 0.4) is 0 Å². The first-order valence-electron chi connectivity index (χ1n) is 8.22. The Morgan fingerprint density at radius 1 is 1.36 bits per heavy atom. The van der Waals surface area contributed by atoms with Gasteiger partial charge in [0.05, 0.1) is 19.2 Å². The van der Waals surface area contributed by atoms with Crippen LogP contribution in [0.2, 0.25) is 0 Å². The molecule has 0 aromatic heterocycles. The molecule has 0 aliphatic carbocycles. The molecule has 1 fully saturated rings. The fourth-order valence-corrected chi connectivity index (χ4v) is 2.77. The van der Waals surface area contributed by atoms with E-state index in [0.29, 0.717) is 32.4 Å². The van der Waals surface area contributed by atoms with E-state index in [1.807, 2.05) is 27.7 Å². The molecule has 6 heteroatoms. The van der Waals surface area contributed by atoms with Gasteiger partial charge >= 0.3 is 0 Å². The minimum absolute atomic E-state index is 0.0338. The highest BCUT2D eigenvalue weighted by Gasteiger charge is 2.44. The van der Waals surface area contributed by atoms with E-state index in [1.54, 1.807) is 4.90 Å². The van der Waals surface area contributed by atoms with Crippen molar-refractivity contribution in [3.63, 3.8) is 0 Å². The number of likely N-dealkylation sites (tertiary alicyclic amines) is 1. The molecule has 1 saturated heterocycles. The summed E-state index contributed by atoms with van der Waals surface area (Å²) in [5, 5.41) is 2.74. The summed E-state index contributed by atoms with van der Waals surface area (Å²) in [6.07, 6.45) is 1.71. The molecule has 1 heterocycles. The summed E-state index contributed by atoms with van der Waals surface area (Å²) in [6.45, 7) is 8.41. The molecular formula is C16H30F2N2O2. The second-order valence-corrected chi connectivity index (χ2v) is 6.74. The second-order valence-electron chi connectivity index (χ2n) is 6.74. The average Bonchev–Trinajstić information content (AvgIpc) is 2.34. The van der Waals surface area contributed by atoms with Crippen molar-refractivity contribution in [3.05, 3.63) is 0 Å². The number of rotatable bonds is 8. The van der Waals surface area contributed by atoms with Crippen LogP contribution in [0.5, 0.6) is 0 Å². The number of alkyl halides is 2. The van der Waals surface area contributed by atoms with Crippen LogP contribution in [0.1, 0.15) is 47.0 Å². The molecular weight excluding hydrogens is 290 g/mol. The zero-order chi connectivity index (χ0) is 16.8. The minimum atomic E-state index is -2.73. The highest BCUT2D eigenvalue weighted by atomic mass is 19.3. The Bertz CT molecular complexity index is 349. The smallest absolute Gasteiger partial charge is 0.263 e. The van der Waals surface area contributed by atoms with Gasteiger partial charge in [-0.2, -0.15) is 0 Å². The van der Waals surface area contributed by atoms with Gasteiger partial charge in [0.2, 0.25) is 5.91 Å². The second kappa shape index (κ2) is 8.77. The van der Waals surface area contributed by atoms with Gasteiger partial charge in [-0.3, -0.25) is 9.69 Å². The van der Waals surface area contributed by atoms with E-state index in [-0.39, 0.29) is 31.1 Å². The van der Waals surface area contributed by atoms with E-state index in [4.69, 9.17) is 4.74 Å². The maximum Gasteiger partial charge on any atom is 0.263 e. The third-order valence-electron chi connectivity index (χ3n) is 3.79. The van der Waals surface area contributed by atoms with Gasteiger partial charge in [0, 0.05) is 18.6 Å². The van der Waals surface area contributed by atoms with Crippen LogP contribution in [0.25, 0.3) is 0 Å². The number of nitrogens with one attached hydrogen (secondary N) is 1. The topological polar surface area (TPSA) is 41.6 Å². The molecule has 22 heavy (non-hydrogen) atoms. The Morgan fingerprint density at radius 2 is 2.05 bits per heavy atom. The van der Waals surface area contributed by atoms with Gasteiger partial charge in [-0.05, 0) is 53.5 Å². The molecule has 1 atom stereocenters. The van der Waals surface area contributed by atoms with Crippen molar-refractivity contribution in [1.82, 2.24) is 10.2 Å². The number of hydrogen-bond acceptors (Lipinski definition) is 3. The van der Waals surface area contributed by atoms with Crippen LogP contribution in [0.15, 0.2) is 0 Å². The maximum atomic E-state index is 14.2. The summed E-state index contributed by atoms with van der Waals surface area (Å²) in [5.74, 6) is -3.52. The third-order valence-corrected chi connectivity index (χ3v) is 3.79. The maximum absolute atomic E-state index is 14.2. The molecule has 1 aliphatic heterocycles. The van der Waals surface area contributed by atoms with E-state index in [1.165, 1.54) is 0 Å². The predicted octanol–water partition coefficient (Wildman–Crippen LogP) is 2.67. The largest absolute Gasteiger partial charge is 0.379 e. The highest BCUT2D eigenvalue weighted by Crippen LogP contribution is 2.35. The van der Waals surface area contributed by atoms with Crippen molar-refractivity contribution in [2.45, 2.75) is 65.0 Å². The molecule has 0 aromatic carbocycles. The molecule has 0 unspecified atom stereocenters. The number of carbonyl (C=O) groups excluding carboxylic acids is 1. The van der Waals surface area contributed by atoms with Crippen LogP contribution < -0.4 is 5.32 Å². The zero-order valence-electron chi connectivity index (χ0n) is 14.2. The molecule has 130 valence electrons. The van der Waals surface area contributed by atoms with Gasteiger partial charge in [0.25, 0.3) is 5.92 Å². The van der Waals surface area contributed by atoms with Crippen molar-refractivity contribution < 1.29 is 18.3 Å². The summed E-state index contributed by atoms with van der Waals surface area (Å²) in [7, 11) is 0. The number of carbonyl (C=O) groups is 1. The molecule has 0 aromatic rings. The van der Waals surface area contributed by atoms with Crippen molar-refractivity contribution >= 4 is 5.91 Å². The van der Waals surface area contributed by atoms with E-state index in [0.717, 1.165) is 0 Å². The first kappa shape index (κ1) is 19.3. The monoisotopic (exact) mass is 320 g/mol. The first-order valence-corrected chi connectivity index (χ1v) is 8.22. The number of nitrogens with zero attached hydrogens (tertiary/aromatic N) is 1. The quantitative estimate of drug-likeness (QED) is 0.699. The number of hydrogen-bond donors (Lipinski definition) is 1. The minimum Gasteiger partial charge on any atom is -0.379 e. The lowest BCUT2D eigenvalue weighted by Crippen LogP contribution is -2.51. The predicted molar refractivity (Wildman–Crippen MR) is 83.1 cm³/mol. The Labute approximate surface area is 132 Å². The van der Waals surface area contributed by atoms with E-state index in [9.17, 15) is 13.6 Å². The van der Waals surface area contributed by atoms with Gasteiger partial charge in [-0.1, -0.05) is 0 Å². The molecule has 1 amide bonds. The van der Waals surface area contributed by atoms with Crippen LogP contribution in [-0.4, -0.2) is 55.1 Å². The number of piperidine rings is 1. The number of amides is 1. The van der Waals surface area contributed by atoms with Crippen molar-refractivity contribution in [1.29, 1.82) is 0 Å². The van der Waals surface area contributed by atoms with Gasteiger partial charge in [0.1, 0.15) is 0 Å². The van der Waals surface area contributed by atoms with E-state index >= 15 is 0 Å². The number of ether oxygens (including phenoxy) is 1. The fourth-order valence-electron chi connectivity index (χ4n) is 2.77. The van der Waals surface area contributed by atoms with Gasteiger partial charge in [0.15, 0.2) is 0 Å². The molecule has 0 radical (unpaired) electrons. The van der Waals surface area contributed by atoms with Gasteiger partial charge < -0.3 is 10.1 Å². The Kier molecular flexibility index (Phi) is 7.69. The lowest BCUT2D eigenvalue weighted by atomic mass is 9.88. The molecule has 0 spiro atoms. The molecule has 0 bridgehead atoms. The molecule has 1 aliphatic rings. The summed E-state index contributed by atoms with van der Waals surface area (Å²) in [4.78, 5) is 13.2. The molecule has 0 saturated carbocycles.